The molecule has 0 radical (unpaired) electrons. The van der Waals surface area contributed by atoms with Gasteiger partial charge in [0.05, 0.1) is 11.9 Å². The van der Waals surface area contributed by atoms with Crippen LogP contribution in [0.15, 0.2) is 12.2 Å². The van der Waals surface area contributed by atoms with Crippen LogP contribution in [0.2, 0.25) is 0 Å². The van der Waals surface area contributed by atoms with Gasteiger partial charge in [-0.15, -0.1) is 11.8 Å². The number of rotatable bonds is 5. The van der Waals surface area contributed by atoms with Gasteiger partial charge < -0.3 is 20.8 Å². The van der Waals surface area contributed by atoms with Gasteiger partial charge in [0.15, 0.2) is 0 Å². The van der Waals surface area contributed by atoms with Crippen molar-refractivity contribution in [1.29, 1.82) is 0 Å². The number of nitrogens with zero attached hydrogens (tertiary/aromatic N) is 1. The fourth-order valence-electron chi connectivity index (χ4n) is 1.44. The maximum absolute atomic E-state index is 11.7. The van der Waals surface area contributed by atoms with E-state index in [-0.39, 0.29) is 17.9 Å². The molecule has 1 saturated heterocycles. The van der Waals surface area contributed by atoms with E-state index >= 15 is 0 Å². The number of carboxylic acid groups (broad SMARTS) is 2. The number of hydrogen-bond donors (Lipinski definition) is 3. The van der Waals surface area contributed by atoms with Crippen molar-refractivity contribution in [2.45, 2.75) is 26.3 Å². The number of carbonyl (C=O) groups is 3. The van der Waals surface area contributed by atoms with Crippen LogP contribution in [0.1, 0.15) is 20.3 Å². The van der Waals surface area contributed by atoms with Crippen molar-refractivity contribution in [3.8, 4) is 0 Å². The van der Waals surface area contributed by atoms with Crippen molar-refractivity contribution in [2.24, 2.45) is 11.7 Å². The van der Waals surface area contributed by atoms with Gasteiger partial charge in [-0.1, -0.05) is 20.3 Å². The van der Waals surface area contributed by atoms with Gasteiger partial charge in [0.25, 0.3) is 0 Å². The number of thioether (sulfide) groups is 1. The highest BCUT2D eigenvalue weighted by Crippen LogP contribution is 2.16. The summed E-state index contributed by atoms with van der Waals surface area (Å²) in [6, 6.07) is -0.302. The molecule has 4 N–H and O–H groups in total. The second-order valence-corrected chi connectivity index (χ2v) is 5.63. The fraction of sp³-hybridized carbons (Fsp3) is 0.615. The van der Waals surface area contributed by atoms with Crippen LogP contribution in [0.3, 0.4) is 0 Å². The van der Waals surface area contributed by atoms with Crippen molar-refractivity contribution < 1.29 is 24.6 Å². The van der Waals surface area contributed by atoms with Gasteiger partial charge in [0, 0.05) is 24.4 Å². The fourth-order valence-corrected chi connectivity index (χ4v) is 2.39. The number of hydrogen-bond acceptors (Lipinski definition) is 5. The Morgan fingerprint density at radius 1 is 1.29 bits per heavy atom. The monoisotopic (exact) mass is 318 g/mol. The molecule has 120 valence electrons. The minimum absolute atomic E-state index is 0.124. The summed E-state index contributed by atoms with van der Waals surface area (Å²) in [4.78, 5) is 32.7. The lowest BCUT2D eigenvalue weighted by molar-refractivity contribution is -0.134. The normalized spacial score (nSPS) is 17.0. The highest BCUT2D eigenvalue weighted by atomic mass is 32.2. The molecule has 0 aromatic rings. The summed E-state index contributed by atoms with van der Waals surface area (Å²) in [5.41, 5.74) is 5.85. The molecule has 1 aliphatic rings. The van der Waals surface area contributed by atoms with E-state index in [1.165, 1.54) is 0 Å². The molecule has 1 amide bonds. The molecule has 2 atom stereocenters. The van der Waals surface area contributed by atoms with Crippen LogP contribution in [0.5, 0.6) is 0 Å². The lowest BCUT2D eigenvalue weighted by Crippen LogP contribution is -2.45. The number of carbonyl (C=O) groups excluding carboxylic acids is 1. The molecule has 8 heteroatoms. The molecule has 0 spiro atoms. The predicted molar refractivity (Wildman–Crippen MR) is 80.9 cm³/mol. The maximum Gasteiger partial charge on any atom is 0.328 e. The minimum Gasteiger partial charge on any atom is -0.478 e. The molecular weight excluding hydrogens is 296 g/mol. The van der Waals surface area contributed by atoms with E-state index < -0.39 is 11.9 Å². The Labute approximate surface area is 128 Å². The number of aliphatic carboxylic acids is 2. The van der Waals surface area contributed by atoms with E-state index in [1.54, 1.807) is 11.8 Å². The zero-order valence-corrected chi connectivity index (χ0v) is 13.0. The lowest BCUT2D eigenvalue weighted by atomic mass is 9.99. The summed E-state index contributed by atoms with van der Waals surface area (Å²) in [5.74, 6) is -0.223. The zero-order valence-electron chi connectivity index (χ0n) is 12.2. The van der Waals surface area contributed by atoms with Crippen molar-refractivity contribution in [3.05, 3.63) is 12.2 Å². The number of carboxylic acids is 2. The summed E-state index contributed by atoms with van der Waals surface area (Å²) in [7, 11) is 0. The Hall–Kier alpha value is -1.54. The molecule has 0 aromatic heterocycles. The molecule has 0 aromatic carbocycles. The van der Waals surface area contributed by atoms with Gasteiger partial charge in [-0.3, -0.25) is 4.79 Å². The Balaban J connectivity index is 0.000000433. The Kier molecular flexibility index (Phi) is 9.48. The van der Waals surface area contributed by atoms with Crippen molar-refractivity contribution in [3.63, 3.8) is 0 Å². The van der Waals surface area contributed by atoms with E-state index in [9.17, 15) is 14.4 Å². The molecule has 0 aliphatic carbocycles. The van der Waals surface area contributed by atoms with Crippen molar-refractivity contribution >= 4 is 29.6 Å². The first kappa shape index (κ1) is 19.5. The van der Waals surface area contributed by atoms with E-state index in [0.29, 0.717) is 12.2 Å². The molecule has 1 heterocycles. The number of nitrogens with two attached hydrogens (primary N) is 1. The van der Waals surface area contributed by atoms with Crippen LogP contribution in [0, 0.1) is 5.92 Å². The van der Waals surface area contributed by atoms with Crippen LogP contribution in [-0.4, -0.2) is 57.2 Å². The first-order valence-corrected chi connectivity index (χ1v) is 7.71. The average molecular weight is 318 g/mol. The molecule has 1 rings (SSSR count). The van der Waals surface area contributed by atoms with Gasteiger partial charge in [-0.2, -0.15) is 0 Å². The molecule has 0 unspecified atom stereocenters. The maximum atomic E-state index is 11.7. The van der Waals surface area contributed by atoms with Gasteiger partial charge in [0.1, 0.15) is 0 Å². The van der Waals surface area contributed by atoms with Crippen LogP contribution < -0.4 is 5.73 Å². The third kappa shape index (κ3) is 8.36. The van der Waals surface area contributed by atoms with Crippen LogP contribution in [-0.2, 0) is 14.4 Å². The van der Waals surface area contributed by atoms with Gasteiger partial charge in [0.2, 0.25) is 5.91 Å². The van der Waals surface area contributed by atoms with Gasteiger partial charge in [-0.05, 0) is 5.92 Å². The van der Waals surface area contributed by atoms with E-state index in [1.807, 2.05) is 11.8 Å². The number of amides is 1. The summed E-state index contributed by atoms with van der Waals surface area (Å²) in [6.07, 6.45) is 2.08. The third-order valence-corrected chi connectivity index (χ3v) is 3.94. The zero-order chi connectivity index (χ0) is 16.4. The molecule has 1 fully saturated rings. The molecule has 1 aliphatic heterocycles. The SMILES string of the molecule is CC[C@H](C)[C@H](N)C(=O)N1CCSC1.O=C(O)/C=C/C(=O)O. The molecular formula is C13H22N2O5S. The van der Waals surface area contributed by atoms with Crippen LogP contribution in [0.25, 0.3) is 0 Å². The largest absolute Gasteiger partial charge is 0.478 e. The van der Waals surface area contributed by atoms with E-state index in [0.717, 1.165) is 24.6 Å². The second kappa shape index (κ2) is 10.2. The highest BCUT2D eigenvalue weighted by Gasteiger charge is 2.26. The Morgan fingerprint density at radius 2 is 1.81 bits per heavy atom. The smallest absolute Gasteiger partial charge is 0.328 e. The first-order chi connectivity index (χ1) is 9.79. The van der Waals surface area contributed by atoms with E-state index in [2.05, 4.69) is 6.92 Å². The summed E-state index contributed by atoms with van der Waals surface area (Å²) in [5, 5.41) is 15.6. The lowest BCUT2D eigenvalue weighted by Gasteiger charge is -2.23. The quantitative estimate of drug-likeness (QED) is 0.635. The van der Waals surface area contributed by atoms with Crippen LogP contribution in [0.4, 0.5) is 0 Å². The average Bonchev–Trinajstić information content (AvgIpc) is 2.97. The van der Waals surface area contributed by atoms with Crippen molar-refractivity contribution in [2.75, 3.05) is 18.2 Å². The van der Waals surface area contributed by atoms with Crippen LogP contribution >= 0.6 is 11.8 Å². The second-order valence-electron chi connectivity index (χ2n) is 4.56. The summed E-state index contributed by atoms with van der Waals surface area (Å²) >= 11 is 1.80. The first-order valence-electron chi connectivity index (χ1n) is 6.55. The molecule has 7 nitrogen and oxygen atoms in total. The topological polar surface area (TPSA) is 121 Å². The summed E-state index contributed by atoms with van der Waals surface area (Å²) in [6.45, 7) is 4.97. The Morgan fingerprint density at radius 3 is 2.14 bits per heavy atom. The van der Waals surface area contributed by atoms with E-state index in [4.69, 9.17) is 15.9 Å². The standard InChI is InChI=1S/C9H18N2OS.C4H4O4/c1-3-7(2)8(10)9(12)11-4-5-13-6-11;5-3(6)1-2-4(7)8/h7-8H,3-6,10H2,1-2H3;1-2H,(H,5,6)(H,7,8)/b;2-1+/t7-,8-;/m0./s1. The molecule has 21 heavy (non-hydrogen) atoms. The summed E-state index contributed by atoms with van der Waals surface area (Å²) < 4.78 is 0. The minimum atomic E-state index is -1.26. The highest BCUT2D eigenvalue weighted by molar-refractivity contribution is 7.99. The molecule has 0 bridgehead atoms. The predicted octanol–water partition coefficient (Wildman–Crippen LogP) is 0.605. The Bertz CT molecular complexity index is 378. The van der Waals surface area contributed by atoms with Gasteiger partial charge in [-0.25, -0.2) is 9.59 Å². The molecule has 0 saturated carbocycles. The van der Waals surface area contributed by atoms with Gasteiger partial charge >= 0.3 is 11.9 Å². The van der Waals surface area contributed by atoms with Crippen molar-refractivity contribution in [1.82, 2.24) is 4.90 Å². The third-order valence-electron chi connectivity index (χ3n) is 2.97.